The number of piperidine rings is 1. The smallest absolute Gasteiger partial charge is 0.275 e. The van der Waals surface area contributed by atoms with Crippen molar-refractivity contribution in [3.63, 3.8) is 0 Å². The molecule has 2 rings (SSSR count). The van der Waals surface area contributed by atoms with Gasteiger partial charge >= 0.3 is 0 Å². The number of nitrogens with two attached hydrogens (primary N) is 1. The Bertz CT molecular complexity index is 677. The van der Waals surface area contributed by atoms with E-state index >= 15 is 0 Å². The predicted octanol–water partition coefficient (Wildman–Crippen LogP) is 1.67. The average Bonchev–Trinajstić information content (AvgIpc) is 2.41. The van der Waals surface area contributed by atoms with E-state index in [4.69, 9.17) is 17.3 Å². The van der Waals surface area contributed by atoms with E-state index in [2.05, 4.69) is 0 Å². The van der Waals surface area contributed by atoms with Gasteiger partial charge < -0.3 is 5.73 Å². The topological polar surface area (TPSA) is 107 Å². The molecule has 0 unspecified atom stereocenters. The van der Waals surface area contributed by atoms with Crippen LogP contribution in [0.25, 0.3) is 0 Å². The lowest BCUT2D eigenvalue weighted by Gasteiger charge is -2.29. The number of sulfonamides is 1. The highest BCUT2D eigenvalue weighted by molar-refractivity contribution is 7.89. The zero-order chi connectivity index (χ0) is 15.8. The maximum Gasteiger partial charge on any atom is 0.275 e. The Kier molecular flexibility index (Phi) is 4.52. The highest BCUT2D eigenvalue weighted by atomic mass is 35.5. The number of rotatable bonds is 3. The molecule has 116 valence electrons. The summed E-state index contributed by atoms with van der Waals surface area (Å²) in [5.74, 6) is 0. The van der Waals surface area contributed by atoms with Gasteiger partial charge in [-0.1, -0.05) is 11.6 Å². The molecule has 1 atom stereocenters. The van der Waals surface area contributed by atoms with Gasteiger partial charge in [-0.05, 0) is 25.8 Å². The second kappa shape index (κ2) is 5.88. The van der Waals surface area contributed by atoms with Crippen molar-refractivity contribution in [1.29, 1.82) is 0 Å². The van der Waals surface area contributed by atoms with Crippen molar-refractivity contribution in [2.75, 3.05) is 13.1 Å². The van der Waals surface area contributed by atoms with E-state index in [9.17, 15) is 18.5 Å². The Hall–Kier alpha value is -1.22. The SMILES string of the molecule is Cc1c(Cl)cc(S(=O)(=O)N2CCC[C@@H](N)C2)cc1[N+](=O)[O-]. The number of nitro groups is 1. The molecule has 7 nitrogen and oxygen atoms in total. The third-order valence-electron chi connectivity index (χ3n) is 3.55. The molecule has 0 radical (unpaired) electrons. The van der Waals surface area contributed by atoms with Crippen molar-refractivity contribution >= 4 is 27.3 Å². The van der Waals surface area contributed by atoms with E-state index < -0.39 is 14.9 Å². The van der Waals surface area contributed by atoms with Gasteiger partial charge in [-0.3, -0.25) is 10.1 Å². The minimum absolute atomic E-state index is 0.0593. The number of halogens is 1. The van der Waals surface area contributed by atoms with Crippen LogP contribution in [0.3, 0.4) is 0 Å². The summed E-state index contributed by atoms with van der Waals surface area (Å²) in [5.41, 5.74) is 5.73. The van der Waals surface area contributed by atoms with E-state index in [1.807, 2.05) is 0 Å². The molecule has 0 aliphatic carbocycles. The average molecular weight is 334 g/mol. The first-order valence-corrected chi connectivity index (χ1v) is 8.25. The van der Waals surface area contributed by atoms with Gasteiger partial charge in [0.2, 0.25) is 10.0 Å². The molecule has 1 heterocycles. The first-order valence-electron chi connectivity index (χ1n) is 6.43. The second-order valence-electron chi connectivity index (χ2n) is 5.07. The largest absolute Gasteiger partial charge is 0.327 e. The van der Waals surface area contributed by atoms with Gasteiger partial charge in [-0.15, -0.1) is 0 Å². The summed E-state index contributed by atoms with van der Waals surface area (Å²) in [5, 5.41) is 11.1. The first kappa shape index (κ1) is 16.2. The molecule has 21 heavy (non-hydrogen) atoms. The van der Waals surface area contributed by atoms with Crippen LogP contribution in [0.4, 0.5) is 5.69 Å². The molecule has 1 aromatic carbocycles. The zero-order valence-corrected chi connectivity index (χ0v) is 13.0. The van der Waals surface area contributed by atoms with Gasteiger partial charge in [0.1, 0.15) is 0 Å². The Morgan fingerprint density at radius 2 is 2.14 bits per heavy atom. The van der Waals surface area contributed by atoms with Crippen LogP contribution in [0.2, 0.25) is 5.02 Å². The molecule has 0 saturated carbocycles. The third-order valence-corrected chi connectivity index (χ3v) is 5.78. The van der Waals surface area contributed by atoms with Crippen molar-refractivity contribution in [2.45, 2.75) is 30.7 Å². The van der Waals surface area contributed by atoms with Crippen molar-refractivity contribution in [2.24, 2.45) is 5.73 Å². The van der Waals surface area contributed by atoms with E-state index in [-0.39, 0.29) is 33.8 Å². The van der Waals surface area contributed by atoms with Crippen LogP contribution in [-0.2, 0) is 10.0 Å². The molecule has 1 aliphatic heterocycles. The molecule has 0 spiro atoms. The molecular formula is C12H16ClN3O4S. The quantitative estimate of drug-likeness (QED) is 0.668. The van der Waals surface area contributed by atoms with Crippen LogP contribution in [0.5, 0.6) is 0 Å². The molecule has 2 N–H and O–H groups in total. The number of nitro benzene ring substituents is 1. The Morgan fingerprint density at radius 1 is 1.48 bits per heavy atom. The molecule has 1 saturated heterocycles. The first-order chi connectivity index (χ1) is 9.73. The molecular weight excluding hydrogens is 318 g/mol. The lowest BCUT2D eigenvalue weighted by Crippen LogP contribution is -2.45. The number of benzene rings is 1. The molecule has 0 aromatic heterocycles. The van der Waals surface area contributed by atoms with Gasteiger partial charge in [-0.25, -0.2) is 8.42 Å². The summed E-state index contributed by atoms with van der Waals surface area (Å²) in [4.78, 5) is 10.2. The maximum absolute atomic E-state index is 12.6. The summed E-state index contributed by atoms with van der Waals surface area (Å²) in [6, 6.07) is 2.08. The summed E-state index contributed by atoms with van der Waals surface area (Å²) >= 11 is 5.92. The standard InChI is InChI=1S/C12H16ClN3O4S/c1-8-11(13)5-10(6-12(8)16(17)18)21(19,20)15-4-2-3-9(14)7-15/h5-6,9H,2-4,7,14H2,1H3/t9-/m1/s1. The van der Waals surface area contributed by atoms with Crippen molar-refractivity contribution < 1.29 is 13.3 Å². The summed E-state index contributed by atoms with van der Waals surface area (Å²) in [6.07, 6.45) is 1.43. The highest BCUT2D eigenvalue weighted by Crippen LogP contribution is 2.31. The van der Waals surface area contributed by atoms with Gasteiger partial charge in [-0.2, -0.15) is 4.31 Å². The van der Waals surface area contributed by atoms with E-state index in [0.29, 0.717) is 13.0 Å². The zero-order valence-electron chi connectivity index (χ0n) is 11.5. The van der Waals surface area contributed by atoms with Gasteiger partial charge in [0, 0.05) is 30.8 Å². The van der Waals surface area contributed by atoms with Crippen LogP contribution >= 0.6 is 11.6 Å². The van der Waals surface area contributed by atoms with Crippen LogP contribution < -0.4 is 5.73 Å². The summed E-state index contributed by atoms with van der Waals surface area (Å²) < 4.78 is 26.4. The third kappa shape index (κ3) is 3.18. The van der Waals surface area contributed by atoms with Crippen LogP contribution in [-0.4, -0.2) is 36.8 Å². The Labute approximate surface area is 127 Å². The fraction of sp³-hybridized carbons (Fsp3) is 0.500. The lowest BCUT2D eigenvalue weighted by molar-refractivity contribution is -0.385. The normalized spacial score (nSPS) is 20.4. The van der Waals surface area contributed by atoms with Gasteiger partial charge in [0.15, 0.2) is 0 Å². The number of hydrogen-bond donors (Lipinski definition) is 1. The molecule has 9 heteroatoms. The monoisotopic (exact) mass is 333 g/mol. The van der Waals surface area contributed by atoms with Gasteiger partial charge in [0.25, 0.3) is 5.69 Å². The Balaban J connectivity index is 2.47. The van der Waals surface area contributed by atoms with Crippen LogP contribution in [0, 0.1) is 17.0 Å². The van der Waals surface area contributed by atoms with Crippen LogP contribution in [0.15, 0.2) is 17.0 Å². The molecule has 0 bridgehead atoms. The molecule has 1 aliphatic rings. The summed E-state index contributed by atoms with van der Waals surface area (Å²) in [7, 11) is -3.83. The Morgan fingerprint density at radius 3 is 2.71 bits per heavy atom. The lowest BCUT2D eigenvalue weighted by atomic mass is 10.1. The molecule has 1 fully saturated rings. The van der Waals surface area contributed by atoms with Crippen molar-refractivity contribution in [1.82, 2.24) is 4.31 Å². The number of nitrogens with zero attached hydrogens (tertiary/aromatic N) is 2. The van der Waals surface area contributed by atoms with Crippen LogP contribution in [0.1, 0.15) is 18.4 Å². The van der Waals surface area contributed by atoms with Crippen molar-refractivity contribution in [3.8, 4) is 0 Å². The van der Waals surface area contributed by atoms with E-state index in [1.54, 1.807) is 0 Å². The minimum atomic E-state index is -3.83. The number of hydrogen-bond acceptors (Lipinski definition) is 5. The maximum atomic E-state index is 12.6. The van der Waals surface area contributed by atoms with E-state index in [0.717, 1.165) is 12.5 Å². The van der Waals surface area contributed by atoms with E-state index in [1.165, 1.54) is 17.3 Å². The molecule has 0 amide bonds. The van der Waals surface area contributed by atoms with Gasteiger partial charge in [0.05, 0.1) is 14.8 Å². The minimum Gasteiger partial charge on any atom is -0.327 e. The fourth-order valence-electron chi connectivity index (χ4n) is 2.32. The molecule has 1 aromatic rings. The predicted molar refractivity (Wildman–Crippen MR) is 78.8 cm³/mol. The second-order valence-corrected chi connectivity index (χ2v) is 7.42. The summed E-state index contributed by atoms with van der Waals surface area (Å²) in [6.45, 7) is 2.05. The highest BCUT2D eigenvalue weighted by Gasteiger charge is 2.31. The van der Waals surface area contributed by atoms with Crippen molar-refractivity contribution in [3.05, 3.63) is 32.8 Å². The fourth-order valence-corrected chi connectivity index (χ4v) is 4.18.